The maximum atomic E-state index is 12.5. The summed E-state index contributed by atoms with van der Waals surface area (Å²) in [4.78, 5) is 4.58. The number of para-hydroxylation sites is 1. The molecule has 0 aliphatic heterocycles. The highest BCUT2D eigenvalue weighted by Crippen LogP contribution is 2.26. The topological polar surface area (TPSA) is 47.0 Å². The molecule has 0 bridgehead atoms. The van der Waals surface area contributed by atoms with Gasteiger partial charge in [0.15, 0.2) is 0 Å². The zero-order valence-corrected chi connectivity index (χ0v) is 11.9. The van der Waals surface area contributed by atoms with Gasteiger partial charge in [-0.1, -0.05) is 41.9 Å². The predicted molar refractivity (Wildman–Crippen MR) is 78.6 cm³/mol. The highest BCUT2D eigenvalue weighted by Gasteiger charge is 2.18. The summed E-state index contributed by atoms with van der Waals surface area (Å²) < 4.78 is 25.0. The standard InChI is InChI=1S/C15H10ClNO2S/c16-14-8-4-5-11-9-13(10-17-15(11)14)20(18,19)12-6-2-1-3-7-12/h1-10H. The molecule has 3 aromatic rings. The molecule has 0 aliphatic rings. The summed E-state index contributed by atoms with van der Waals surface area (Å²) in [5.41, 5.74) is 0.598. The lowest BCUT2D eigenvalue weighted by atomic mass is 10.2. The molecule has 3 rings (SSSR count). The number of rotatable bonds is 2. The monoisotopic (exact) mass is 303 g/mol. The third kappa shape index (κ3) is 2.17. The van der Waals surface area contributed by atoms with Crippen molar-refractivity contribution in [2.75, 3.05) is 0 Å². The molecule has 20 heavy (non-hydrogen) atoms. The van der Waals surface area contributed by atoms with E-state index >= 15 is 0 Å². The minimum atomic E-state index is -3.55. The van der Waals surface area contributed by atoms with Crippen molar-refractivity contribution in [3.8, 4) is 0 Å². The average molecular weight is 304 g/mol. The SMILES string of the molecule is O=S(=O)(c1ccccc1)c1cnc2c(Cl)cccc2c1. The number of hydrogen-bond acceptors (Lipinski definition) is 3. The predicted octanol–water partition coefficient (Wildman–Crippen LogP) is 3.72. The Hall–Kier alpha value is -1.91. The Morgan fingerprint density at radius 3 is 2.40 bits per heavy atom. The molecule has 0 aliphatic carbocycles. The van der Waals surface area contributed by atoms with Gasteiger partial charge in [0.25, 0.3) is 0 Å². The second-order valence-electron chi connectivity index (χ2n) is 4.30. The molecule has 100 valence electrons. The van der Waals surface area contributed by atoms with Crippen LogP contribution in [0.3, 0.4) is 0 Å². The van der Waals surface area contributed by atoms with Crippen LogP contribution in [0, 0.1) is 0 Å². The van der Waals surface area contributed by atoms with Gasteiger partial charge < -0.3 is 0 Å². The van der Waals surface area contributed by atoms with Crippen LogP contribution in [0.2, 0.25) is 5.02 Å². The van der Waals surface area contributed by atoms with E-state index in [4.69, 9.17) is 11.6 Å². The first-order valence-corrected chi connectivity index (χ1v) is 7.79. The molecular formula is C15H10ClNO2S. The van der Waals surface area contributed by atoms with E-state index in [9.17, 15) is 8.42 Å². The van der Waals surface area contributed by atoms with Crippen LogP contribution in [-0.2, 0) is 9.84 Å². The Balaban J connectivity index is 2.21. The molecule has 0 spiro atoms. The van der Waals surface area contributed by atoms with Crippen molar-refractivity contribution in [2.45, 2.75) is 9.79 Å². The molecule has 0 saturated heterocycles. The van der Waals surface area contributed by atoms with E-state index in [1.165, 1.54) is 6.20 Å². The molecule has 0 unspecified atom stereocenters. The summed E-state index contributed by atoms with van der Waals surface area (Å²) in [6.07, 6.45) is 1.34. The van der Waals surface area contributed by atoms with E-state index in [1.807, 2.05) is 0 Å². The van der Waals surface area contributed by atoms with Gasteiger partial charge in [-0.3, -0.25) is 4.98 Å². The molecule has 0 fully saturated rings. The van der Waals surface area contributed by atoms with Gasteiger partial charge in [-0.05, 0) is 24.3 Å². The summed E-state index contributed by atoms with van der Waals surface area (Å²) in [6, 6.07) is 15.2. The van der Waals surface area contributed by atoms with Gasteiger partial charge in [0.05, 0.1) is 20.3 Å². The van der Waals surface area contributed by atoms with E-state index in [0.29, 0.717) is 15.9 Å². The van der Waals surface area contributed by atoms with Crippen molar-refractivity contribution in [3.05, 3.63) is 65.8 Å². The molecule has 1 heterocycles. The molecule has 2 aromatic carbocycles. The van der Waals surface area contributed by atoms with E-state index in [0.717, 1.165) is 0 Å². The average Bonchev–Trinajstić information content (AvgIpc) is 2.48. The van der Waals surface area contributed by atoms with Crippen molar-refractivity contribution in [1.29, 1.82) is 0 Å². The van der Waals surface area contributed by atoms with Crippen LogP contribution < -0.4 is 0 Å². The summed E-state index contributed by atoms with van der Waals surface area (Å²) in [5.74, 6) is 0. The molecule has 3 nitrogen and oxygen atoms in total. The third-order valence-electron chi connectivity index (χ3n) is 3.00. The number of halogens is 1. The molecule has 1 aromatic heterocycles. The summed E-state index contributed by atoms with van der Waals surface area (Å²) in [7, 11) is -3.55. The van der Waals surface area contributed by atoms with Crippen molar-refractivity contribution >= 4 is 32.3 Å². The van der Waals surface area contributed by atoms with Gasteiger partial charge in [0.2, 0.25) is 9.84 Å². The number of hydrogen-bond donors (Lipinski definition) is 0. The number of sulfone groups is 1. The van der Waals surface area contributed by atoms with Crippen LogP contribution in [0.4, 0.5) is 0 Å². The van der Waals surface area contributed by atoms with Crippen molar-refractivity contribution < 1.29 is 8.42 Å². The summed E-state index contributed by atoms with van der Waals surface area (Å²) >= 11 is 6.03. The number of pyridine rings is 1. The quantitative estimate of drug-likeness (QED) is 0.725. The van der Waals surface area contributed by atoms with Crippen molar-refractivity contribution in [2.24, 2.45) is 0 Å². The normalized spacial score (nSPS) is 11.7. The summed E-state index contributed by atoms with van der Waals surface area (Å²) in [5, 5.41) is 1.21. The Morgan fingerprint density at radius 2 is 1.65 bits per heavy atom. The van der Waals surface area contributed by atoms with E-state index in [2.05, 4.69) is 4.98 Å². The van der Waals surface area contributed by atoms with Crippen molar-refractivity contribution in [1.82, 2.24) is 4.98 Å². The molecule has 5 heteroatoms. The number of benzene rings is 2. The first-order valence-electron chi connectivity index (χ1n) is 5.93. The van der Waals surface area contributed by atoms with Crippen LogP contribution in [-0.4, -0.2) is 13.4 Å². The van der Waals surface area contributed by atoms with Crippen LogP contribution in [0.5, 0.6) is 0 Å². The lowest BCUT2D eigenvalue weighted by Crippen LogP contribution is -2.02. The van der Waals surface area contributed by atoms with Crippen molar-refractivity contribution in [3.63, 3.8) is 0 Å². The van der Waals surface area contributed by atoms with Crippen LogP contribution in [0.25, 0.3) is 10.9 Å². The molecule has 0 N–H and O–H groups in total. The molecule has 0 amide bonds. The maximum absolute atomic E-state index is 12.5. The zero-order chi connectivity index (χ0) is 14.2. The minimum absolute atomic E-state index is 0.165. The molecule has 0 radical (unpaired) electrons. The Morgan fingerprint density at radius 1 is 0.900 bits per heavy atom. The maximum Gasteiger partial charge on any atom is 0.208 e. The van der Waals surface area contributed by atoms with Gasteiger partial charge >= 0.3 is 0 Å². The first kappa shape index (κ1) is 13.1. The van der Waals surface area contributed by atoms with Gasteiger partial charge in [0, 0.05) is 11.6 Å². The third-order valence-corrected chi connectivity index (χ3v) is 5.04. The number of fused-ring (bicyclic) bond motifs is 1. The van der Waals surface area contributed by atoms with Crippen LogP contribution in [0.15, 0.2) is 70.6 Å². The fourth-order valence-electron chi connectivity index (χ4n) is 1.99. The fraction of sp³-hybridized carbons (Fsp3) is 0. The zero-order valence-electron chi connectivity index (χ0n) is 10.3. The van der Waals surface area contributed by atoms with Gasteiger partial charge in [-0.25, -0.2) is 8.42 Å². The minimum Gasteiger partial charge on any atom is -0.253 e. The van der Waals surface area contributed by atoms with E-state index in [-0.39, 0.29) is 9.79 Å². The molecule has 0 atom stereocenters. The fourth-order valence-corrected chi connectivity index (χ4v) is 3.48. The lowest BCUT2D eigenvalue weighted by Gasteiger charge is -2.06. The molecule has 0 saturated carbocycles. The Labute approximate surface area is 121 Å². The van der Waals surface area contributed by atoms with Gasteiger partial charge in [-0.2, -0.15) is 0 Å². The lowest BCUT2D eigenvalue weighted by molar-refractivity contribution is 0.596. The Bertz CT molecular complexity index is 877. The number of nitrogens with zero attached hydrogens (tertiary/aromatic N) is 1. The van der Waals surface area contributed by atoms with Crippen LogP contribution in [0.1, 0.15) is 0 Å². The summed E-state index contributed by atoms with van der Waals surface area (Å²) in [6.45, 7) is 0. The second-order valence-corrected chi connectivity index (χ2v) is 6.66. The number of aromatic nitrogens is 1. The highest BCUT2D eigenvalue weighted by atomic mass is 35.5. The van der Waals surface area contributed by atoms with E-state index in [1.54, 1.807) is 54.6 Å². The van der Waals surface area contributed by atoms with Gasteiger partial charge in [0.1, 0.15) is 0 Å². The second kappa shape index (κ2) is 4.89. The van der Waals surface area contributed by atoms with Crippen LogP contribution >= 0.6 is 11.6 Å². The van der Waals surface area contributed by atoms with Gasteiger partial charge in [-0.15, -0.1) is 0 Å². The largest absolute Gasteiger partial charge is 0.253 e. The molecular weight excluding hydrogens is 294 g/mol. The smallest absolute Gasteiger partial charge is 0.208 e. The highest BCUT2D eigenvalue weighted by molar-refractivity contribution is 7.91. The first-order chi connectivity index (χ1) is 9.59. The van der Waals surface area contributed by atoms with E-state index < -0.39 is 9.84 Å². The Kier molecular flexibility index (Phi) is 3.20.